The maximum absolute atomic E-state index is 12.3. The van der Waals surface area contributed by atoms with Gasteiger partial charge >= 0.3 is 6.01 Å². The van der Waals surface area contributed by atoms with Crippen LogP contribution in [-0.2, 0) is 9.84 Å². The van der Waals surface area contributed by atoms with Crippen molar-refractivity contribution in [2.75, 3.05) is 11.6 Å². The van der Waals surface area contributed by atoms with Gasteiger partial charge < -0.3 is 4.42 Å². The van der Waals surface area contributed by atoms with E-state index in [1.165, 1.54) is 6.07 Å². The van der Waals surface area contributed by atoms with Crippen LogP contribution in [0.1, 0.15) is 15.9 Å². The third-order valence-corrected chi connectivity index (χ3v) is 4.71. The molecule has 128 valence electrons. The minimum Gasteiger partial charge on any atom is -0.403 e. The summed E-state index contributed by atoms with van der Waals surface area (Å²) in [4.78, 5) is 12.4. The van der Waals surface area contributed by atoms with Crippen LogP contribution < -0.4 is 5.32 Å². The van der Waals surface area contributed by atoms with Gasteiger partial charge in [-0.3, -0.25) is 10.1 Å². The van der Waals surface area contributed by atoms with E-state index >= 15 is 0 Å². The zero-order valence-corrected chi connectivity index (χ0v) is 14.4. The van der Waals surface area contributed by atoms with Crippen LogP contribution in [0.15, 0.2) is 57.8 Å². The highest BCUT2D eigenvalue weighted by molar-refractivity contribution is 7.90. The number of rotatable bonds is 4. The van der Waals surface area contributed by atoms with Gasteiger partial charge in [-0.25, -0.2) is 8.42 Å². The fourth-order valence-corrected chi connectivity index (χ4v) is 3.22. The second kappa shape index (κ2) is 6.48. The van der Waals surface area contributed by atoms with Gasteiger partial charge in [0.15, 0.2) is 9.84 Å². The Hall–Kier alpha value is -3.00. The van der Waals surface area contributed by atoms with E-state index in [1.807, 2.05) is 19.1 Å². The average Bonchev–Trinajstić information content (AvgIpc) is 3.03. The van der Waals surface area contributed by atoms with Crippen molar-refractivity contribution >= 4 is 21.8 Å². The average molecular weight is 357 g/mol. The van der Waals surface area contributed by atoms with Crippen LogP contribution in [0.5, 0.6) is 0 Å². The number of carbonyl (C=O) groups excluding carboxylic acids is 1. The van der Waals surface area contributed by atoms with Crippen molar-refractivity contribution in [3.05, 3.63) is 59.7 Å². The molecule has 2 aromatic carbocycles. The topological polar surface area (TPSA) is 102 Å². The molecule has 0 fully saturated rings. The Bertz CT molecular complexity index is 1040. The molecule has 1 heterocycles. The van der Waals surface area contributed by atoms with Gasteiger partial charge in [-0.1, -0.05) is 35.4 Å². The van der Waals surface area contributed by atoms with Crippen molar-refractivity contribution in [3.63, 3.8) is 0 Å². The Morgan fingerprint density at radius 3 is 2.44 bits per heavy atom. The number of carbonyl (C=O) groups is 1. The third kappa shape index (κ3) is 3.58. The standard InChI is InChI=1S/C17H15N3O4S/c1-11-7-3-4-8-12(11)15(21)18-17-20-19-16(24-17)13-9-5-6-10-14(13)25(2,22)23/h3-10H,1-2H3,(H,18,20,21). The number of nitrogens with one attached hydrogen (secondary N) is 1. The molecule has 0 aliphatic rings. The molecule has 0 aliphatic carbocycles. The van der Waals surface area contributed by atoms with Crippen molar-refractivity contribution in [2.45, 2.75) is 11.8 Å². The lowest BCUT2D eigenvalue weighted by Crippen LogP contribution is -2.13. The van der Waals surface area contributed by atoms with Gasteiger partial charge in [0.1, 0.15) is 0 Å². The Labute approximate surface area is 144 Å². The van der Waals surface area contributed by atoms with Gasteiger partial charge in [-0.15, -0.1) is 5.10 Å². The highest BCUT2D eigenvalue weighted by Crippen LogP contribution is 2.27. The van der Waals surface area contributed by atoms with E-state index in [1.54, 1.807) is 30.3 Å². The van der Waals surface area contributed by atoms with Crippen LogP contribution in [-0.4, -0.2) is 30.8 Å². The van der Waals surface area contributed by atoms with Gasteiger partial charge in [-0.2, -0.15) is 0 Å². The van der Waals surface area contributed by atoms with Crippen LogP contribution >= 0.6 is 0 Å². The molecule has 0 spiro atoms. The molecule has 1 aromatic heterocycles. The number of anilines is 1. The molecule has 1 N–H and O–H groups in total. The first-order valence-electron chi connectivity index (χ1n) is 7.36. The maximum atomic E-state index is 12.3. The number of nitrogens with zero attached hydrogens (tertiary/aromatic N) is 2. The number of amides is 1. The van der Waals surface area contributed by atoms with Gasteiger partial charge in [0, 0.05) is 11.8 Å². The van der Waals surface area contributed by atoms with E-state index in [-0.39, 0.29) is 28.3 Å². The van der Waals surface area contributed by atoms with Crippen molar-refractivity contribution in [1.29, 1.82) is 0 Å². The molecule has 0 saturated heterocycles. The van der Waals surface area contributed by atoms with E-state index < -0.39 is 9.84 Å². The molecule has 0 atom stereocenters. The maximum Gasteiger partial charge on any atom is 0.322 e. The lowest BCUT2D eigenvalue weighted by atomic mass is 10.1. The highest BCUT2D eigenvalue weighted by Gasteiger charge is 2.19. The van der Waals surface area contributed by atoms with Crippen molar-refractivity contribution in [1.82, 2.24) is 10.2 Å². The van der Waals surface area contributed by atoms with Crippen LogP contribution in [0.3, 0.4) is 0 Å². The van der Waals surface area contributed by atoms with Crippen LogP contribution in [0.25, 0.3) is 11.5 Å². The predicted octanol–water partition coefficient (Wildman–Crippen LogP) is 2.70. The van der Waals surface area contributed by atoms with Crippen molar-refractivity contribution in [3.8, 4) is 11.5 Å². The van der Waals surface area contributed by atoms with Gasteiger partial charge in [-0.05, 0) is 30.7 Å². The van der Waals surface area contributed by atoms with Crippen LogP contribution in [0, 0.1) is 6.92 Å². The Morgan fingerprint density at radius 1 is 1.04 bits per heavy atom. The van der Waals surface area contributed by atoms with Gasteiger partial charge in [0.05, 0.1) is 10.5 Å². The minimum atomic E-state index is -3.46. The van der Waals surface area contributed by atoms with E-state index in [0.717, 1.165) is 11.8 Å². The molecule has 3 aromatic rings. The van der Waals surface area contributed by atoms with E-state index in [4.69, 9.17) is 4.42 Å². The van der Waals surface area contributed by atoms with Crippen LogP contribution in [0.2, 0.25) is 0 Å². The summed E-state index contributed by atoms with van der Waals surface area (Å²) in [6, 6.07) is 13.3. The van der Waals surface area contributed by atoms with Crippen molar-refractivity contribution in [2.24, 2.45) is 0 Å². The molecular formula is C17H15N3O4S. The monoisotopic (exact) mass is 357 g/mol. The Balaban J connectivity index is 1.90. The summed E-state index contributed by atoms with van der Waals surface area (Å²) in [5, 5.41) is 10.1. The number of aromatic nitrogens is 2. The lowest BCUT2D eigenvalue weighted by Gasteiger charge is -2.04. The summed E-state index contributed by atoms with van der Waals surface area (Å²) in [6.45, 7) is 1.82. The molecule has 0 unspecified atom stereocenters. The van der Waals surface area contributed by atoms with E-state index in [9.17, 15) is 13.2 Å². The molecule has 25 heavy (non-hydrogen) atoms. The second-order valence-corrected chi connectivity index (χ2v) is 7.43. The lowest BCUT2D eigenvalue weighted by molar-refractivity contribution is 0.102. The molecule has 8 heteroatoms. The fraction of sp³-hybridized carbons (Fsp3) is 0.118. The third-order valence-electron chi connectivity index (χ3n) is 3.55. The summed E-state index contributed by atoms with van der Waals surface area (Å²) in [7, 11) is -3.46. The van der Waals surface area contributed by atoms with Crippen LogP contribution in [0.4, 0.5) is 6.01 Å². The fourth-order valence-electron chi connectivity index (χ4n) is 2.34. The molecule has 7 nitrogen and oxygen atoms in total. The summed E-state index contributed by atoms with van der Waals surface area (Å²) in [5.41, 5.74) is 1.58. The Kier molecular flexibility index (Phi) is 4.37. The molecule has 0 radical (unpaired) electrons. The highest BCUT2D eigenvalue weighted by atomic mass is 32.2. The first kappa shape index (κ1) is 16.8. The first-order chi connectivity index (χ1) is 11.9. The molecule has 1 amide bonds. The molecule has 0 bridgehead atoms. The minimum absolute atomic E-state index is 0.0149. The molecule has 0 aliphatic heterocycles. The first-order valence-corrected chi connectivity index (χ1v) is 9.25. The van der Waals surface area contributed by atoms with Crippen molar-refractivity contribution < 1.29 is 17.6 Å². The molecule has 3 rings (SSSR count). The van der Waals surface area contributed by atoms with E-state index in [2.05, 4.69) is 15.5 Å². The van der Waals surface area contributed by atoms with Gasteiger partial charge in [0.2, 0.25) is 0 Å². The zero-order chi connectivity index (χ0) is 18.0. The number of hydrogen-bond acceptors (Lipinski definition) is 6. The summed E-state index contributed by atoms with van der Waals surface area (Å²) in [5.74, 6) is -0.370. The normalized spacial score (nSPS) is 11.3. The Morgan fingerprint density at radius 2 is 1.72 bits per heavy atom. The summed E-state index contributed by atoms with van der Waals surface area (Å²) < 4.78 is 29.2. The SMILES string of the molecule is Cc1ccccc1C(=O)Nc1nnc(-c2ccccc2S(C)(=O)=O)o1. The molecule has 0 saturated carbocycles. The molecular weight excluding hydrogens is 342 g/mol. The largest absolute Gasteiger partial charge is 0.403 e. The van der Waals surface area contributed by atoms with E-state index in [0.29, 0.717) is 5.56 Å². The smallest absolute Gasteiger partial charge is 0.322 e. The zero-order valence-electron chi connectivity index (χ0n) is 13.6. The number of benzene rings is 2. The number of hydrogen-bond donors (Lipinski definition) is 1. The van der Waals surface area contributed by atoms with Gasteiger partial charge in [0.25, 0.3) is 11.8 Å². The quantitative estimate of drug-likeness (QED) is 0.770. The number of aryl methyl sites for hydroxylation is 1. The second-order valence-electron chi connectivity index (χ2n) is 5.45. The summed E-state index contributed by atoms with van der Waals surface area (Å²) >= 11 is 0. The summed E-state index contributed by atoms with van der Waals surface area (Å²) in [6.07, 6.45) is 1.10. The number of sulfone groups is 1. The predicted molar refractivity (Wildman–Crippen MR) is 92.0 cm³/mol.